The Balaban J connectivity index is 1.48. The minimum atomic E-state index is -2.74. The van der Waals surface area contributed by atoms with Gasteiger partial charge in [0.2, 0.25) is 0 Å². The summed E-state index contributed by atoms with van der Waals surface area (Å²) in [6.07, 6.45) is 7.08. The van der Waals surface area contributed by atoms with Crippen LogP contribution in [0.2, 0.25) is 0 Å². The van der Waals surface area contributed by atoms with E-state index < -0.39 is 5.92 Å². The van der Waals surface area contributed by atoms with Gasteiger partial charge in [-0.05, 0) is 49.8 Å². The van der Waals surface area contributed by atoms with E-state index in [2.05, 4.69) is 10.6 Å². The number of nitrogens with one attached hydrogen (secondary N) is 2. The van der Waals surface area contributed by atoms with E-state index in [1.165, 1.54) is 6.42 Å². The minimum absolute atomic E-state index is 0.118. The number of pyridine rings is 1. The van der Waals surface area contributed by atoms with Gasteiger partial charge in [0.1, 0.15) is 0 Å². The Morgan fingerprint density at radius 3 is 2.78 bits per heavy atom. The number of rotatable bonds is 2. The third-order valence-corrected chi connectivity index (χ3v) is 6.50. The van der Waals surface area contributed by atoms with Crippen molar-refractivity contribution in [2.45, 2.75) is 75.4 Å². The quantitative estimate of drug-likeness (QED) is 0.847. The van der Waals surface area contributed by atoms with Gasteiger partial charge in [-0.25, -0.2) is 8.78 Å². The first-order valence-electron chi connectivity index (χ1n) is 10.1. The van der Waals surface area contributed by atoms with Crippen LogP contribution in [0.3, 0.4) is 0 Å². The number of aromatic nitrogens is 1. The lowest BCUT2D eigenvalue weighted by Crippen LogP contribution is -2.54. The zero-order valence-corrected chi connectivity index (χ0v) is 15.3. The smallest absolute Gasteiger partial charge is 0.253 e. The van der Waals surface area contributed by atoms with E-state index in [4.69, 9.17) is 0 Å². The first-order chi connectivity index (χ1) is 13.0. The van der Waals surface area contributed by atoms with Crippen LogP contribution in [0.1, 0.15) is 60.1 Å². The first-order valence-corrected chi connectivity index (χ1v) is 10.1. The Kier molecular flexibility index (Phi) is 4.00. The second-order valence-corrected chi connectivity index (χ2v) is 8.42. The Labute approximate surface area is 157 Å². The molecule has 2 atom stereocenters. The van der Waals surface area contributed by atoms with Gasteiger partial charge in [-0.1, -0.05) is 12.5 Å². The first kappa shape index (κ1) is 17.2. The van der Waals surface area contributed by atoms with E-state index in [1.807, 2.05) is 28.8 Å². The van der Waals surface area contributed by atoms with Gasteiger partial charge < -0.3 is 15.0 Å². The van der Waals surface area contributed by atoms with Gasteiger partial charge in [0.15, 0.2) is 0 Å². The van der Waals surface area contributed by atoms with Crippen LogP contribution in [0.4, 0.5) is 8.78 Å². The average Bonchev–Trinajstić information content (AvgIpc) is 2.93. The van der Waals surface area contributed by atoms with Crippen molar-refractivity contribution >= 4 is 11.4 Å². The second-order valence-electron chi connectivity index (χ2n) is 8.42. The van der Waals surface area contributed by atoms with Crippen LogP contribution < -0.4 is 10.6 Å². The summed E-state index contributed by atoms with van der Waals surface area (Å²) in [4.78, 5) is 13.2. The Hall–Kier alpha value is -1.95. The van der Waals surface area contributed by atoms with E-state index in [0.717, 1.165) is 36.9 Å². The molecule has 2 saturated heterocycles. The molecule has 5 rings (SSSR count). The minimum Gasteiger partial charge on any atom is -0.349 e. The molecule has 0 aromatic carbocycles. The Bertz CT molecular complexity index is 879. The van der Waals surface area contributed by atoms with Gasteiger partial charge >= 0.3 is 0 Å². The molecule has 0 spiro atoms. The SMILES string of the molecule is O=C(NC1CC2CCCC(C1)N2)c1c2c(n3ccccc13)CCC(F)(F)C2. The van der Waals surface area contributed by atoms with Gasteiger partial charge in [-0.2, -0.15) is 0 Å². The van der Waals surface area contributed by atoms with Crippen LogP contribution in [0.25, 0.3) is 5.52 Å². The predicted molar refractivity (Wildman–Crippen MR) is 99.4 cm³/mol. The van der Waals surface area contributed by atoms with Crippen LogP contribution in [0.5, 0.6) is 0 Å². The van der Waals surface area contributed by atoms with Crippen LogP contribution in [-0.2, 0) is 12.8 Å². The summed E-state index contributed by atoms with van der Waals surface area (Å²) in [5, 5.41) is 6.81. The Morgan fingerprint density at radius 2 is 2.00 bits per heavy atom. The van der Waals surface area contributed by atoms with E-state index in [-0.39, 0.29) is 24.8 Å². The monoisotopic (exact) mass is 373 g/mol. The molecular formula is C21H25F2N3O. The van der Waals surface area contributed by atoms with Gasteiger partial charge in [-0.3, -0.25) is 4.79 Å². The fourth-order valence-corrected chi connectivity index (χ4v) is 5.33. The van der Waals surface area contributed by atoms with Gasteiger partial charge in [0, 0.05) is 42.9 Å². The zero-order chi connectivity index (χ0) is 18.6. The van der Waals surface area contributed by atoms with E-state index in [0.29, 0.717) is 29.6 Å². The number of carbonyl (C=O) groups excluding carboxylic acids is 1. The topological polar surface area (TPSA) is 45.5 Å². The molecule has 0 saturated carbocycles. The number of alkyl halides is 2. The fourth-order valence-electron chi connectivity index (χ4n) is 5.33. The summed E-state index contributed by atoms with van der Waals surface area (Å²) >= 11 is 0. The summed E-state index contributed by atoms with van der Waals surface area (Å²) in [6.45, 7) is 0. The van der Waals surface area contributed by atoms with Crippen molar-refractivity contribution in [2.24, 2.45) is 0 Å². The van der Waals surface area contributed by atoms with Crippen LogP contribution in [0.15, 0.2) is 24.4 Å². The molecule has 2 unspecified atom stereocenters. The molecule has 1 amide bonds. The molecule has 27 heavy (non-hydrogen) atoms. The molecule has 3 aliphatic rings. The van der Waals surface area contributed by atoms with Crippen molar-refractivity contribution < 1.29 is 13.6 Å². The lowest BCUT2D eigenvalue weighted by molar-refractivity contribution is -0.0127. The van der Waals surface area contributed by atoms with Crippen LogP contribution >= 0.6 is 0 Å². The molecule has 2 aromatic rings. The molecular weight excluding hydrogens is 348 g/mol. The van der Waals surface area contributed by atoms with Crippen molar-refractivity contribution in [2.75, 3.05) is 0 Å². The normalized spacial score (nSPS) is 29.3. The second kappa shape index (κ2) is 6.30. The molecule has 1 aliphatic carbocycles. The number of halogens is 2. The maximum absolute atomic E-state index is 14.1. The maximum atomic E-state index is 14.1. The third-order valence-electron chi connectivity index (χ3n) is 6.50. The highest BCUT2D eigenvalue weighted by atomic mass is 19.3. The summed E-state index contributed by atoms with van der Waals surface area (Å²) in [6, 6.07) is 6.66. The number of amides is 1. The number of hydrogen-bond donors (Lipinski definition) is 2. The van der Waals surface area contributed by atoms with E-state index in [9.17, 15) is 13.6 Å². The Morgan fingerprint density at radius 1 is 1.22 bits per heavy atom. The molecule has 2 fully saturated rings. The zero-order valence-electron chi connectivity index (χ0n) is 15.3. The molecule has 2 bridgehead atoms. The van der Waals surface area contributed by atoms with Crippen molar-refractivity contribution in [1.29, 1.82) is 0 Å². The molecule has 2 aromatic heterocycles. The molecule has 2 aliphatic heterocycles. The summed E-state index contributed by atoms with van der Waals surface area (Å²) < 4.78 is 30.2. The fraction of sp³-hybridized carbons (Fsp3) is 0.571. The number of hydrogen-bond acceptors (Lipinski definition) is 2. The molecule has 0 radical (unpaired) electrons. The number of piperidine rings is 2. The number of aryl methyl sites for hydroxylation is 1. The molecule has 144 valence electrons. The largest absolute Gasteiger partial charge is 0.349 e. The lowest BCUT2D eigenvalue weighted by atomic mass is 9.84. The lowest BCUT2D eigenvalue weighted by Gasteiger charge is -2.40. The van der Waals surface area contributed by atoms with Crippen molar-refractivity contribution in [3.8, 4) is 0 Å². The molecule has 4 heterocycles. The van der Waals surface area contributed by atoms with Crippen molar-refractivity contribution in [3.63, 3.8) is 0 Å². The molecule has 2 N–H and O–H groups in total. The molecule has 4 nitrogen and oxygen atoms in total. The van der Waals surface area contributed by atoms with Crippen LogP contribution in [0, 0.1) is 0 Å². The summed E-state index contributed by atoms with van der Waals surface area (Å²) in [5.74, 6) is -2.93. The predicted octanol–water partition coefficient (Wildman–Crippen LogP) is 3.47. The highest BCUT2D eigenvalue weighted by molar-refractivity contribution is 6.03. The van der Waals surface area contributed by atoms with Gasteiger partial charge in [0.05, 0.1) is 11.1 Å². The molecule has 6 heteroatoms. The van der Waals surface area contributed by atoms with E-state index >= 15 is 0 Å². The number of carbonyl (C=O) groups is 1. The summed E-state index contributed by atoms with van der Waals surface area (Å²) in [5.41, 5.74) is 2.59. The number of nitrogens with zero attached hydrogens (tertiary/aromatic N) is 1. The standard InChI is InChI=1S/C21H25F2N3O/c22-21(23)8-7-17-16(12-21)19(18-6-1-2-9-26(17)18)20(27)25-15-10-13-4-3-5-14(11-15)24-13/h1-2,6,9,13-15,24H,3-5,7-8,10-12H2,(H,25,27). The van der Waals surface area contributed by atoms with Gasteiger partial charge in [-0.15, -0.1) is 0 Å². The maximum Gasteiger partial charge on any atom is 0.253 e. The average molecular weight is 373 g/mol. The van der Waals surface area contributed by atoms with Crippen molar-refractivity contribution in [1.82, 2.24) is 15.0 Å². The third kappa shape index (κ3) is 3.04. The van der Waals surface area contributed by atoms with Gasteiger partial charge in [0.25, 0.3) is 11.8 Å². The number of fused-ring (bicyclic) bond motifs is 5. The van der Waals surface area contributed by atoms with Crippen LogP contribution in [-0.4, -0.2) is 34.4 Å². The summed E-state index contributed by atoms with van der Waals surface area (Å²) in [7, 11) is 0. The highest BCUT2D eigenvalue weighted by Gasteiger charge is 2.39. The van der Waals surface area contributed by atoms with Crippen molar-refractivity contribution in [3.05, 3.63) is 41.2 Å². The van der Waals surface area contributed by atoms with E-state index in [1.54, 1.807) is 0 Å². The highest BCUT2D eigenvalue weighted by Crippen LogP contribution is 2.37.